The number of hydrogen-bond donors (Lipinski definition) is 1. The number of hydrogen-bond acceptors (Lipinski definition) is 5. The fraction of sp³-hybridized carbons (Fsp3) is 0.500. The minimum absolute atomic E-state index is 0.395. The van der Waals surface area contributed by atoms with Crippen molar-refractivity contribution in [1.82, 2.24) is 15.5 Å². The lowest BCUT2D eigenvalue weighted by Gasteiger charge is -2.13. The quantitative estimate of drug-likeness (QED) is 0.747. The molecule has 0 saturated carbocycles. The Hall–Kier alpha value is -1.33. The molecule has 1 heterocycles. The molecule has 1 aromatic heterocycles. The van der Waals surface area contributed by atoms with E-state index in [4.69, 9.17) is 4.42 Å². The van der Waals surface area contributed by atoms with Crippen LogP contribution < -0.4 is 5.32 Å². The number of thioether (sulfide) groups is 1. The van der Waals surface area contributed by atoms with E-state index in [1.807, 2.05) is 6.92 Å². The van der Waals surface area contributed by atoms with Crippen molar-refractivity contribution in [1.29, 1.82) is 0 Å². The molecule has 5 heteroatoms. The van der Waals surface area contributed by atoms with Gasteiger partial charge in [-0.15, -0.1) is 22.0 Å². The third-order valence-electron chi connectivity index (χ3n) is 3.25. The van der Waals surface area contributed by atoms with E-state index in [1.165, 1.54) is 10.5 Å². The molecule has 4 nitrogen and oxygen atoms in total. The minimum Gasteiger partial charge on any atom is -0.424 e. The number of aromatic nitrogens is 2. The standard InChI is InChI=1S/C16H23N3OS/c1-4-10-17-12(3)13-6-8-14(9-7-13)21-11-16-19-18-15(5-2)20-16/h6-9,12,17H,4-5,10-11H2,1-3H3. The van der Waals surface area contributed by atoms with Crippen LogP contribution in [0, 0.1) is 0 Å². The predicted octanol–water partition coefficient (Wildman–Crippen LogP) is 3.98. The Kier molecular flexibility index (Phi) is 6.26. The SMILES string of the molecule is CCCNC(C)c1ccc(SCc2nnc(CC)o2)cc1. The Labute approximate surface area is 130 Å². The van der Waals surface area contributed by atoms with Crippen molar-refractivity contribution in [3.63, 3.8) is 0 Å². The van der Waals surface area contributed by atoms with Crippen LogP contribution in [0.15, 0.2) is 33.6 Å². The fourth-order valence-electron chi connectivity index (χ4n) is 1.97. The van der Waals surface area contributed by atoms with E-state index in [2.05, 4.69) is 53.6 Å². The van der Waals surface area contributed by atoms with Gasteiger partial charge in [0.25, 0.3) is 0 Å². The highest BCUT2D eigenvalue weighted by Gasteiger charge is 2.06. The van der Waals surface area contributed by atoms with Gasteiger partial charge in [0.2, 0.25) is 11.8 Å². The van der Waals surface area contributed by atoms with Crippen molar-refractivity contribution in [2.45, 2.75) is 50.3 Å². The summed E-state index contributed by atoms with van der Waals surface area (Å²) >= 11 is 1.72. The zero-order chi connectivity index (χ0) is 15.1. The zero-order valence-electron chi connectivity index (χ0n) is 12.9. The summed E-state index contributed by atoms with van der Waals surface area (Å²) in [5.74, 6) is 2.12. The van der Waals surface area contributed by atoms with Crippen molar-refractivity contribution >= 4 is 11.8 Å². The van der Waals surface area contributed by atoms with Gasteiger partial charge < -0.3 is 9.73 Å². The van der Waals surface area contributed by atoms with Crippen LogP contribution in [0.25, 0.3) is 0 Å². The maximum absolute atomic E-state index is 5.51. The molecule has 0 aliphatic carbocycles. The second-order valence-corrected chi connectivity index (χ2v) is 6.03. The normalized spacial score (nSPS) is 12.5. The van der Waals surface area contributed by atoms with E-state index in [9.17, 15) is 0 Å². The molecule has 0 bridgehead atoms. The third kappa shape index (κ3) is 4.86. The molecule has 1 aromatic carbocycles. The molecule has 0 amide bonds. The van der Waals surface area contributed by atoms with Crippen LogP contribution >= 0.6 is 11.8 Å². The Morgan fingerprint density at radius 2 is 1.86 bits per heavy atom. The van der Waals surface area contributed by atoms with E-state index in [0.29, 0.717) is 17.8 Å². The molecule has 0 aliphatic rings. The number of nitrogens with one attached hydrogen (secondary N) is 1. The summed E-state index contributed by atoms with van der Waals surface area (Å²) in [6.07, 6.45) is 1.94. The summed E-state index contributed by atoms with van der Waals surface area (Å²) in [5.41, 5.74) is 1.32. The third-order valence-corrected chi connectivity index (χ3v) is 4.25. The molecule has 1 atom stereocenters. The number of nitrogens with zero attached hydrogens (tertiary/aromatic N) is 2. The van der Waals surface area contributed by atoms with Gasteiger partial charge in [-0.05, 0) is 37.6 Å². The predicted molar refractivity (Wildman–Crippen MR) is 86.4 cm³/mol. The minimum atomic E-state index is 0.395. The average Bonchev–Trinajstić information content (AvgIpc) is 2.99. The first-order valence-corrected chi connectivity index (χ1v) is 8.48. The highest BCUT2D eigenvalue weighted by molar-refractivity contribution is 7.98. The summed E-state index contributed by atoms with van der Waals surface area (Å²) in [6, 6.07) is 9.07. The molecule has 0 fully saturated rings. The summed E-state index contributed by atoms with van der Waals surface area (Å²) in [7, 11) is 0. The summed E-state index contributed by atoms with van der Waals surface area (Å²) in [5, 5.41) is 11.5. The van der Waals surface area contributed by atoms with Crippen LogP contribution in [-0.2, 0) is 12.2 Å². The Bertz CT molecular complexity index is 539. The van der Waals surface area contributed by atoms with Gasteiger partial charge in [-0.3, -0.25) is 0 Å². The van der Waals surface area contributed by atoms with Crippen LogP contribution in [-0.4, -0.2) is 16.7 Å². The Morgan fingerprint density at radius 3 is 2.48 bits per heavy atom. The summed E-state index contributed by atoms with van der Waals surface area (Å²) in [4.78, 5) is 1.22. The van der Waals surface area contributed by atoms with Gasteiger partial charge in [0.05, 0.1) is 5.75 Å². The largest absolute Gasteiger partial charge is 0.424 e. The van der Waals surface area contributed by atoms with Crippen molar-refractivity contribution in [2.75, 3.05) is 6.54 Å². The first-order valence-electron chi connectivity index (χ1n) is 7.50. The van der Waals surface area contributed by atoms with Crippen molar-refractivity contribution in [3.8, 4) is 0 Å². The van der Waals surface area contributed by atoms with Gasteiger partial charge in [0, 0.05) is 17.4 Å². The van der Waals surface area contributed by atoms with Gasteiger partial charge in [-0.1, -0.05) is 26.0 Å². The molecule has 2 aromatic rings. The van der Waals surface area contributed by atoms with Crippen LogP contribution in [0.1, 0.15) is 50.6 Å². The molecule has 0 radical (unpaired) electrons. The lowest BCUT2D eigenvalue weighted by Crippen LogP contribution is -2.19. The van der Waals surface area contributed by atoms with E-state index in [1.54, 1.807) is 11.8 Å². The molecule has 0 aliphatic heterocycles. The van der Waals surface area contributed by atoms with Crippen molar-refractivity contribution in [2.24, 2.45) is 0 Å². The second-order valence-electron chi connectivity index (χ2n) is 4.98. The van der Waals surface area contributed by atoms with Gasteiger partial charge in [0.15, 0.2) is 0 Å². The lowest BCUT2D eigenvalue weighted by atomic mass is 10.1. The fourth-order valence-corrected chi connectivity index (χ4v) is 2.70. The van der Waals surface area contributed by atoms with Gasteiger partial charge in [0.1, 0.15) is 0 Å². The van der Waals surface area contributed by atoms with Crippen LogP contribution in [0.5, 0.6) is 0 Å². The van der Waals surface area contributed by atoms with Crippen molar-refractivity contribution in [3.05, 3.63) is 41.6 Å². The monoisotopic (exact) mass is 305 g/mol. The molecule has 1 unspecified atom stereocenters. The first-order chi connectivity index (χ1) is 10.2. The zero-order valence-corrected chi connectivity index (χ0v) is 13.7. The van der Waals surface area contributed by atoms with E-state index < -0.39 is 0 Å². The van der Waals surface area contributed by atoms with Crippen molar-refractivity contribution < 1.29 is 4.42 Å². The summed E-state index contributed by atoms with van der Waals surface area (Å²) < 4.78 is 5.51. The van der Waals surface area contributed by atoms with Crippen LogP contribution in [0.4, 0.5) is 0 Å². The maximum Gasteiger partial charge on any atom is 0.226 e. The molecule has 2 rings (SSSR count). The molecule has 0 saturated heterocycles. The average molecular weight is 305 g/mol. The smallest absolute Gasteiger partial charge is 0.226 e. The Morgan fingerprint density at radius 1 is 1.14 bits per heavy atom. The highest BCUT2D eigenvalue weighted by Crippen LogP contribution is 2.24. The second kappa shape index (κ2) is 8.20. The Balaban J connectivity index is 1.87. The number of benzene rings is 1. The van der Waals surface area contributed by atoms with Gasteiger partial charge >= 0.3 is 0 Å². The molecule has 114 valence electrons. The first kappa shape index (κ1) is 16.0. The van der Waals surface area contributed by atoms with Crippen LogP contribution in [0.3, 0.4) is 0 Å². The molecule has 0 spiro atoms. The summed E-state index contributed by atoms with van der Waals surface area (Å²) in [6.45, 7) is 7.44. The van der Waals surface area contributed by atoms with Gasteiger partial charge in [-0.25, -0.2) is 0 Å². The van der Waals surface area contributed by atoms with E-state index >= 15 is 0 Å². The molecular weight excluding hydrogens is 282 g/mol. The highest BCUT2D eigenvalue weighted by atomic mass is 32.2. The molecular formula is C16H23N3OS. The van der Waals surface area contributed by atoms with E-state index in [0.717, 1.165) is 25.1 Å². The topological polar surface area (TPSA) is 51.0 Å². The number of aryl methyl sites for hydroxylation is 1. The molecule has 21 heavy (non-hydrogen) atoms. The van der Waals surface area contributed by atoms with E-state index in [-0.39, 0.29) is 0 Å². The maximum atomic E-state index is 5.51. The lowest BCUT2D eigenvalue weighted by molar-refractivity contribution is 0.470. The van der Waals surface area contributed by atoms with Gasteiger partial charge in [-0.2, -0.15) is 0 Å². The van der Waals surface area contributed by atoms with Crippen LogP contribution in [0.2, 0.25) is 0 Å². The molecule has 1 N–H and O–H groups in total. The number of rotatable bonds is 8.